The number of carboxylic acid groups (broad SMARTS) is 1. The van der Waals surface area contributed by atoms with Crippen molar-refractivity contribution >= 4 is 23.6 Å². The van der Waals surface area contributed by atoms with E-state index in [0.29, 0.717) is 0 Å². The van der Waals surface area contributed by atoms with E-state index in [1.807, 2.05) is 0 Å². The third kappa shape index (κ3) is 3.86. The van der Waals surface area contributed by atoms with Crippen molar-refractivity contribution < 1.29 is 30.4 Å². The Morgan fingerprint density at radius 2 is 1.77 bits per heavy atom. The van der Waals surface area contributed by atoms with Crippen LogP contribution in [0.1, 0.15) is 21.4 Å². The summed E-state index contributed by atoms with van der Waals surface area (Å²) in [7, 11) is 0. The van der Waals surface area contributed by atoms with Gasteiger partial charge in [-0.05, 0) is 41.9 Å². The van der Waals surface area contributed by atoms with E-state index in [2.05, 4.69) is 5.32 Å². The topological polar surface area (TPSA) is 107 Å². The number of amides is 1. The molecule has 22 heavy (non-hydrogen) atoms. The highest BCUT2D eigenvalue weighted by molar-refractivity contribution is 6.06. The summed E-state index contributed by atoms with van der Waals surface area (Å²) < 4.78 is 30.5. The number of phenols is 2. The number of anilines is 1. The lowest BCUT2D eigenvalue weighted by Gasteiger charge is -2.07. The van der Waals surface area contributed by atoms with Gasteiger partial charge in [-0.2, -0.15) is 0 Å². The molecule has 2 rings (SSSR count). The SMILES string of the molecule is [2H]c1c([2H])c(/C=C/C(=O)Nc2ccc(O)cc2C(=O)O)c([2H])c([2H])c1O. The Bertz CT molecular complexity index is 914. The van der Waals surface area contributed by atoms with Gasteiger partial charge >= 0.3 is 5.97 Å². The van der Waals surface area contributed by atoms with Gasteiger partial charge in [-0.1, -0.05) is 12.1 Å². The maximum atomic E-state index is 12.0. The summed E-state index contributed by atoms with van der Waals surface area (Å²) in [4.78, 5) is 23.1. The van der Waals surface area contributed by atoms with Gasteiger partial charge in [0.2, 0.25) is 5.91 Å². The van der Waals surface area contributed by atoms with Gasteiger partial charge in [0.25, 0.3) is 0 Å². The van der Waals surface area contributed by atoms with Crippen LogP contribution in [-0.2, 0) is 4.79 Å². The van der Waals surface area contributed by atoms with Gasteiger partial charge in [0.15, 0.2) is 0 Å². The van der Waals surface area contributed by atoms with E-state index in [4.69, 9.17) is 10.6 Å². The molecule has 0 aliphatic carbocycles. The van der Waals surface area contributed by atoms with Gasteiger partial charge in [-0.25, -0.2) is 4.79 Å². The van der Waals surface area contributed by atoms with Crippen LogP contribution in [0.5, 0.6) is 11.5 Å². The first-order valence-electron chi connectivity index (χ1n) is 7.98. The first-order valence-corrected chi connectivity index (χ1v) is 5.98. The number of nitrogens with one attached hydrogen (secondary N) is 1. The molecule has 0 aliphatic heterocycles. The molecule has 0 radical (unpaired) electrons. The van der Waals surface area contributed by atoms with E-state index >= 15 is 0 Å². The van der Waals surface area contributed by atoms with Gasteiger partial charge in [-0.3, -0.25) is 4.79 Å². The summed E-state index contributed by atoms with van der Waals surface area (Å²) in [5.74, 6) is -3.23. The minimum atomic E-state index is -1.36. The molecule has 112 valence electrons. The molecule has 0 heterocycles. The summed E-state index contributed by atoms with van der Waals surface area (Å²) in [5.41, 5.74) is -0.618. The Morgan fingerprint density at radius 1 is 1.09 bits per heavy atom. The van der Waals surface area contributed by atoms with E-state index in [1.165, 1.54) is 12.1 Å². The summed E-state index contributed by atoms with van der Waals surface area (Å²) >= 11 is 0. The molecule has 0 atom stereocenters. The molecule has 0 saturated heterocycles. The molecule has 0 saturated carbocycles. The van der Waals surface area contributed by atoms with Crippen molar-refractivity contribution in [2.75, 3.05) is 5.32 Å². The van der Waals surface area contributed by atoms with Gasteiger partial charge in [0, 0.05) is 6.08 Å². The molecule has 4 N–H and O–H groups in total. The molecule has 6 heteroatoms. The van der Waals surface area contributed by atoms with Crippen LogP contribution in [0.4, 0.5) is 5.69 Å². The second-order valence-electron chi connectivity index (χ2n) is 4.12. The van der Waals surface area contributed by atoms with E-state index < -0.39 is 41.8 Å². The summed E-state index contributed by atoms with van der Waals surface area (Å²) in [5, 5.41) is 30.2. The number of hydrogen-bond donors (Lipinski definition) is 4. The minimum absolute atomic E-state index is 0.0739. The molecular formula is C16H13NO5. The molecule has 0 unspecified atom stereocenters. The number of aromatic carboxylic acids is 1. The normalized spacial score (nSPS) is 13.1. The zero-order chi connectivity index (χ0) is 19.6. The quantitative estimate of drug-likeness (QED) is 0.512. The predicted octanol–water partition coefficient (Wildman–Crippen LogP) is 2.45. The van der Waals surface area contributed by atoms with E-state index in [1.54, 1.807) is 0 Å². The molecule has 0 aromatic heterocycles. The Balaban J connectivity index is 2.31. The van der Waals surface area contributed by atoms with Crippen molar-refractivity contribution in [3.05, 3.63) is 59.6 Å². The second-order valence-corrected chi connectivity index (χ2v) is 4.12. The van der Waals surface area contributed by atoms with E-state index in [-0.39, 0.29) is 22.6 Å². The molecule has 6 nitrogen and oxygen atoms in total. The zero-order valence-corrected chi connectivity index (χ0v) is 11.0. The highest BCUT2D eigenvalue weighted by atomic mass is 16.4. The standard InChI is InChI=1S/C16H13NO5/c18-11-4-1-10(2-5-11)3-8-15(20)17-14-7-6-12(19)9-13(14)16(21)22/h1-9,18-19H,(H,17,20)(H,21,22)/b8-3+/i1D,2D,4D,5D. The van der Waals surface area contributed by atoms with Gasteiger partial charge in [-0.15, -0.1) is 0 Å². The highest BCUT2D eigenvalue weighted by Gasteiger charge is 2.12. The fraction of sp³-hybridized carbons (Fsp3) is 0. The van der Waals surface area contributed by atoms with Crippen LogP contribution in [0.25, 0.3) is 6.08 Å². The van der Waals surface area contributed by atoms with E-state index in [9.17, 15) is 19.8 Å². The maximum Gasteiger partial charge on any atom is 0.337 e. The van der Waals surface area contributed by atoms with Crippen molar-refractivity contribution in [2.45, 2.75) is 0 Å². The number of carboxylic acids is 1. The van der Waals surface area contributed by atoms with Gasteiger partial charge in [0.1, 0.15) is 11.5 Å². The number of aromatic hydroxyl groups is 2. The van der Waals surface area contributed by atoms with Crippen LogP contribution >= 0.6 is 0 Å². The van der Waals surface area contributed by atoms with Crippen LogP contribution in [0.15, 0.2) is 48.4 Å². The number of hydrogen-bond acceptors (Lipinski definition) is 4. The summed E-state index contributed by atoms with van der Waals surface area (Å²) in [6.45, 7) is 0. The van der Waals surface area contributed by atoms with Crippen LogP contribution in [0, 0.1) is 0 Å². The van der Waals surface area contributed by atoms with Crippen LogP contribution in [0.2, 0.25) is 0 Å². The minimum Gasteiger partial charge on any atom is -0.508 e. The molecule has 0 spiro atoms. The lowest BCUT2D eigenvalue weighted by atomic mass is 10.1. The Hall–Kier alpha value is -3.28. The van der Waals surface area contributed by atoms with Crippen molar-refractivity contribution in [2.24, 2.45) is 0 Å². The smallest absolute Gasteiger partial charge is 0.337 e. The fourth-order valence-electron chi connectivity index (χ4n) is 1.55. The Morgan fingerprint density at radius 3 is 2.41 bits per heavy atom. The molecule has 2 aromatic rings. The van der Waals surface area contributed by atoms with Crippen molar-refractivity contribution in [3.8, 4) is 11.5 Å². The van der Waals surface area contributed by atoms with Gasteiger partial charge < -0.3 is 20.6 Å². The van der Waals surface area contributed by atoms with Crippen molar-refractivity contribution in [1.29, 1.82) is 0 Å². The molecule has 1 amide bonds. The third-order valence-electron chi connectivity index (χ3n) is 2.52. The molecular weight excluding hydrogens is 286 g/mol. The first kappa shape index (κ1) is 10.4. The number of carbonyl (C=O) groups is 2. The predicted molar refractivity (Wildman–Crippen MR) is 80.8 cm³/mol. The Labute approximate surface area is 131 Å². The van der Waals surface area contributed by atoms with Crippen molar-refractivity contribution in [1.82, 2.24) is 0 Å². The molecule has 0 bridgehead atoms. The van der Waals surface area contributed by atoms with Crippen molar-refractivity contribution in [3.63, 3.8) is 0 Å². The van der Waals surface area contributed by atoms with Crippen LogP contribution in [-0.4, -0.2) is 27.2 Å². The number of rotatable bonds is 4. The number of phenolic OH excluding ortho intramolecular Hbond substituents is 2. The first-order chi connectivity index (χ1) is 12.1. The number of carbonyl (C=O) groups excluding carboxylic acids is 1. The monoisotopic (exact) mass is 303 g/mol. The van der Waals surface area contributed by atoms with E-state index in [0.717, 1.165) is 18.2 Å². The lowest BCUT2D eigenvalue weighted by Crippen LogP contribution is -2.11. The molecule has 2 aromatic carbocycles. The number of benzene rings is 2. The molecule has 0 fully saturated rings. The highest BCUT2D eigenvalue weighted by Crippen LogP contribution is 2.21. The van der Waals surface area contributed by atoms with Crippen LogP contribution in [0.3, 0.4) is 0 Å². The lowest BCUT2D eigenvalue weighted by molar-refractivity contribution is -0.111. The second kappa shape index (κ2) is 6.45. The van der Waals surface area contributed by atoms with Gasteiger partial charge in [0.05, 0.1) is 16.7 Å². The fourth-order valence-corrected chi connectivity index (χ4v) is 1.55. The summed E-state index contributed by atoms with van der Waals surface area (Å²) in [6.07, 6.45) is 1.93. The average molecular weight is 303 g/mol. The largest absolute Gasteiger partial charge is 0.508 e. The maximum absolute atomic E-state index is 12.0. The van der Waals surface area contributed by atoms with Crippen LogP contribution < -0.4 is 5.32 Å². The molecule has 0 aliphatic rings. The Kier molecular flexibility index (Phi) is 3.06. The average Bonchev–Trinajstić information content (AvgIpc) is 2.59. The zero-order valence-electron chi connectivity index (χ0n) is 15.0. The summed E-state index contributed by atoms with van der Waals surface area (Å²) in [6, 6.07) is 1.02. The third-order valence-corrected chi connectivity index (χ3v) is 2.52.